The first kappa shape index (κ1) is 15.7. The Hall–Kier alpha value is -1.67. The Bertz CT molecular complexity index is 698. The average Bonchev–Trinajstić information content (AvgIpc) is 2.44. The summed E-state index contributed by atoms with van der Waals surface area (Å²) in [5, 5.41) is 4.96. The van der Waals surface area contributed by atoms with Crippen LogP contribution in [0, 0.1) is 0 Å². The van der Waals surface area contributed by atoms with Crippen molar-refractivity contribution in [3.8, 4) is 0 Å². The van der Waals surface area contributed by atoms with E-state index in [1.807, 2.05) is 5.41 Å². The third-order valence-corrected chi connectivity index (χ3v) is 5.21. The summed E-state index contributed by atoms with van der Waals surface area (Å²) in [5.74, 6) is -0.314. The Kier molecular flexibility index (Phi) is 4.48. The van der Waals surface area contributed by atoms with E-state index in [9.17, 15) is 13.2 Å². The topological polar surface area (TPSA) is 75.7 Å². The first-order valence-electron chi connectivity index (χ1n) is 6.09. The van der Waals surface area contributed by atoms with Gasteiger partial charge in [0.2, 0.25) is 10.0 Å². The minimum atomic E-state index is -3.29. The van der Waals surface area contributed by atoms with Crippen molar-refractivity contribution in [3.05, 3.63) is 29.3 Å². The van der Waals surface area contributed by atoms with Gasteiger partial charge in [-0.25, -0.2) is 8.42 Å². The molecule has 0 spiro atoms. The minimum absolute atomic E-state index is 0.175. The number of rotatable bonds is 4. The molecule has 0 aromatic heterocycles. The van der Waals surface area contributed by atoms with Crippen molar-refractivity contribution < 1.29 is 17.9 Å². The van der Waals surface area contributed by atoms with Gasteiger partial charge in [0, 0.05) is 17.6 Å². The smallest absolute Gasteiger partial charge is 0.311 e. The molecule has 1 aliphatic rings. The molecule has 21 heavy (non-hydrogen) atoms. The number of nitrogens with zero attached hydrogens (tertiary/aromatic N) is 1. The molecule has 1 aromatic rings. The van der Waals surface area contributed by atoms with Crippen LogP contribution in [0.2, 0.25) is 0 Å². The molecule has 0 aliphatic carbocycles. The standard InChI is InChI=1S/C13H16N2O4S2/c1-15(21(3,17)18)10-4-5-11-12(7-10)20-8-9(14-11)6-13(16)19-2/h4-5,7-8,14H,6H2,1-3H3. The Morgan fingerprint density at radius 3 is 2.76 bits per heavy atom. The third kappa shape index (κ3) is 3.70. The quantitative estimate of drug-likeness (QED) is 0.852. The van der Waals surface area contributed by atoms with E-state index in [2.05, 4.69) is 10.1 Å². The van der Waals surface area contributed by atoms with Gasteiger partial charge in [0.25, 0.3) is 0 Å². The molecule has 0 saturated carbocycles. The Balaban J connectivity index is 2.20. The van der Waals surface area contributed by atoms with Gasteiger partial charge < -0.3 is 10.1 Å². The predicted octanol–water partition coefficient (Wildman–Crippen LogP) is 2.00. The molecule has 0 atom stereocenters. The molecule has 2 rings (SSSR count). The number of thioether (sulfide) groups is 1. The molecule has 0 saturated heterocycles. The van der Waals surface area contributed by atoms with Crippen molar-refractivity contribution in [2.45, 2.75) is 11.3 Å². The maximum Gasteiger partial charge on any atom is 0.311 e. The molecule has 1 N–H and O–H groups in total. The van der Waals surface area contributed by atoms with E-state index in [1.165, 1.54) is 30.2 Å². The third-order valence-electron chi connectivity index (χ3n) is 3.01. The largest absolute Gasteiger partial charge is 0.469 e. The van der Waals surface area contributed by atoms with Crippen molar-refractivity contribution in [3.63, 3.8) is 0 Å². The van der Waals surface area contributed by atoms with Crippen LogP contribution in [0.1, 0.15) is 6.42 Å². The molecule has 8 heteroatoms. The van der Waals surface area contributed by atoms with E-state index in [4.69, 9.17) is 0 Å². The summed E-state index contributed by atoms with van der Waals surface area (Å²) in [7, 11) is -0.428. The maximum absolute atomic E-state index is 11.5. The van der Waals surface area contributed by atoms with Gasteiger partial charge in [0.05, 0.1) is 31.2 Å². The number of fused-ring (bicyclic) bond motifs is 1. The lowest BCUT2D eigenvalue weighted by atomic mass is 10.2. The normalized spacial score (nSPS) is 13.8. The summed E-state index contributed by atoms with van der Waals surface area (Å²) in [6.07, 6.45) is 1.33. The van der Waals surface area contributed by atoms with Crippen molar-refractivity contribution in [1.29, 1.82) is 0 Å². The SMILES string of the molecule is COC(=O)CC1=CSc2cc(N(C)S(C)(=O)=O)ccc2N1. The number of carbonyl (C=O) groups excluding carboxylic acids is 1. The fourth-order valence-corrected chi connectivity index (χ4v) is 3.09. The first-order valence-corrected chi connectivity index (χ1v) is 8.81. The molecule has 1 aliphatic heterocycles. The van der Waals surface area contributed by atoms with Crippen LogP contribution in [-0.4, -0.2) is 34.8 Å². The lowest BCUT2D eigenvalue weighted by molar-refractivity contribution is -0.139. The van der Waals surface area contributed by atoms with Crippen molar-refractivity contribution in [2.75, 3.05) is 30.0 Å². The molecule has 0 unspecified atom stereocenters. The van der Waals surface area contributed by atoms with E-state index >= 15 is 0 Å². The number of sulfonamides is 1. The minimum Gasteiger partial charge on any atom is -0.469 e. The van der Waals surface area contributed by atoms with E-state index in [0.717, 1.165) is 22.5 Å². The van der Waals surface area contributed by atoms with Crippen molar-refractivity contribution >= 4 is 39.1 Å². The summed E-state index contributed by atoms with van der Waals surface area (Å²) in [6, 6.07) is 5.30. The zero-order valence-corrected chi connectivity index (χ0v) is 13.5. The van der Waals surface area contributed by atoms with Gasteiger partial charge in [-0.2, -0.15) is 0 Å². The summed E-state index contributed by atoms with van der Waals surface area (Å²) >= 11 is 1.44. The molecule has 1 heterocycles. The second-order valence-corrected chi connectivity index (χ2v) is 7.47. The molecule has 6 nitrogen and oxygen atoms in total. The highest BCUT2D eigenvalue weighted by atomic mass is 32.2. The summed E-state index contributed by atoms with van der Waals surface area (Å²) in [4.78, 5) is 12.2. The Morgan fingerprint density at radius 2 is 2.14 bits per heavy atom. The van der Waals surface area contributed by atoms with Gasteiger partial charge in [-0.1, -0.05) is 11.8 Å². The van der Waals surface area contributed by atoms with E-state index in [0.29, 0.717) is 5.69 Å². The van der Waals surface area contributed by atoms with Crippen LogP contribution >= 0.6 is 11.8 Å². The molecule has 114 valence electrons. The molecular formula is C13H16N2O4S2. The zero-order chi connectivity index (χ0) is 15.6. The van der Waals surface area contributed by atoms with Crippen LogP contribution in [-0.2, 0) is 19.6 Å². The maximum atomic E-state index is 11.5. The van der Waals surface area contributed by atoms with E-state index in [-0.39, 0.29) is 12.4 Å². The van der Waals surface area contributed by atoms with Gasteiger partial charge in [0.1, 0.15) is 0 Å². The Labute approximate surface area is 128 Å². The number of esters is 1. The Morgan fingerprint density at radius 1 is 1.43 bits per heavy atom. The number of nitrogens with one attached hydrogen (secondary N) is 1. The second kappa shape index (κ2) is 5.98. The fraction of sp³-hybridized carbons (Fsp3) is 0.308. The van der Waals surface area contributed by atoms with Gasteiger partial charge in [0.15, 0.2) is 0 Å². The fourth-order valence-electron chi connectivity index (χ4n) is 1.75. The van der Waals surface area contributed by atoms with Crippen LogP contribution in [0.25, 0.3) is 0 Å². The van der Waals surface area contributed by atoms with Crippen LogP contribution in [0.3, 0.4) is 0 Å². The molecule has 1 aromatic carbocycles. The van der Waals surface area contributed by atoms with Gasteiger partial charge >= 0.3 is 5.97 Å². The number of carbonyl (C=O) groups is 1. The number of methoxy groups -OCH3 is 1. The summed E-state index contributed by atoms with van der Waals surface area (Å²) < 4.78 is 28.9. The molecule has 0 fully saturated rings. The molecule has 0 bridgehead atoms. The predicted molar refractivity (Wildman–Crippen MR) is 83.9 cm³/mol. The number of hydrogen-bond acceptors (Lipinski definition) is 6. The zero-order valence-electron chi connectivity index (χ0n) is 11.9. The van der Waals surface area contributed by atoms with E-state index < -0.39 is 10.0 Å². The van der Waals surface area contributed by atoms with Crippen molar-refractivity contribution in [1.82, 2.24) is 0 Å². The number of ether oxygens (including phenoxy) is 1. The summed E-state index contributed by atoms with van der Waals surface area (Å²) in [6.45, 7) is 0. The lowest BCUT2D eigenvalue weighted by Crippen LogP contribution is -2.24. The molecular weight excluding hydrogens is 312 g/mol. The second-order valence-electron chi connectivity index (χ2n) is 4.55. The summed E-state index contributed by atoms with van der Waals surface area (Å²) in [5.41, 5.74) is 2.19. The highest BCUT2D eigenvalue weighted by Crippen LogP contribution is 2.37. The van der Waals surface area contributed by atoms with Gasteiger partial charge in [-0.15, -0.1) is 0 Å². The van der Waals surface area contributed by atoms with Gasteiger partial charge in [-0.3, -0.25) is 9.10 Å². The first-order chi connectivity index (χ1) is 9.81. The highest BCUT2D eigenvalue weighted by molar-refractivity contribution is 8.02. The number of anilines is 2. The molecule has 0 radical (unpaired) electrons. The van der Waals surface area contributed by atoms with E-state index in [1.54, 1.807) is 18.2 Å². The van der Waals surface area contributed by atoms with Crippen LogP contribution in [0.5, 0.6) is 0 Å². The lowest BCUT2D eigenvalue weighted by Gasteiger charge is -2.22. The van der Waals surface area contributed by atoms with Crippen LogP contribution in [0.15, 0.2) is 34.2 Å². The van der Waals surface area contributed by atoms with Gasteiger partial charge in [-0.05, 0) is 23.6 Å². The molecule has 0 amide bonds. The van der Waals surface area contributed by atoms with Crippen LogP contribution < -0.4 is 9.62 Å². The van der Waals surface area contributed by atoms with Crippen molar-refractivity contribution in [2.24, 2.45) is 0 Å². The highest BCUT2D eigenvalue weighted by Gasteiger charge is 2.17. The average molecular weight is 328 g/mol. The number of benzene rings is 1. The van der Waals surface area contributed by atoms with Crippen LogP contribution in [0.4, 0.5) is 11.4 Å². The number of hydrogen-bond donors (Lipinski definition) is 1. The monoisotopic (exact) mass is 328 g/mol.